The first-order valence-corrected chi connectivity index (χ1v) is 6.68. The van der Waals surface area contributed by atoms with Crippen molar-refractivity contribution in [1.82, 2.24) is 4.90 Å². The van der Waals surface area contributed by atoms with Crippen molar-refractivity contribution in [3.8, 4) is 0 Å². The van der Waals surface area contributed by atoms with E-state index in [1.165, 1.54) is 0 Å². The molecule has 0 radical (unpaired) electrons. The Bertz CT molecular complexity index is 618. The molecule has 1 amide bonds. The molecule has 0 spiro atoms. The number of likely N-dealkylation sites (tertiary alicyclic amines) is 1. The van der Waals surface area contributed by atoms with E-state index in [2.05, 4.69) is 0 Å². The summed E-state index contributed by atoms with van der Waals surface area (Å²) in [5.74, 6) is 0.360. The van der Waals surface area contributed by atoms with Crippen molar-refractivity contribution < 1.29 is 9.21 Å². The summed E-state index contributed by atoms with van der Waals surface area (Å²) < 4.78 is 5.67. The van der Waals surface area contributed by atoms with Gasteiger partial charge in [0.2, 0.25) is 0 Å². The Morgan fingerprint density at radius 3 is 3.05 bits per heavy atom. The Balaban J connectivity index is 1.88. The Hall–Kier alpha value is -1.81. The molecule has 1 atom stereocenters. The lowest BCUT2D eigenvalue weighted by molar-refractivity contribution is 0.0679. The maximum atomic E-state index is 12.4. The SMILES string of the molecule is Cc1ccc2cc(C(=O)N3CCCC(N)C3)oc2c1. The van der Waals surface area contributed by atoms with Crippen molar-refractivity contribution in [2.45, 2.75) is 25.8 Å². The molecule has 0 bridgehead atoms. The van der Waals surface area contributed by atoms with Crippen LogP contribution in [0, 0.1) is 6.92 Å². The van der Waals surface area contributed by atoms with Crippen LogP contribution in [0.1, 0.15) is 29.0 Å². The molecule has 1 fully saturated rings. The van der Waals surface area contributed by atoms with Crippen LogP contribution in [0.25, 0.3) is 11.0 Å². The van der Waals surface area contributed by atoms with Gasteiger partial charge >= 0.3 is 0 Å². The average Bonchev–Trinajstić information content (AvgIpc) is 2.80. The number of benzene rings is 1. The molecule has 2 aromatic rings. The van der Waals surface area contributed by atoms with Gasteiger partial charge in [-0.25, -0.2) is 0 Å². The quantitative estimate of drug-likeness (QED) is 0.853. The first-order valence-electron chi connectivity index (χ1n) is 6.68. The number of amides is 1. The maximum absolute atomic E-state index is 12.4. The molecular formula is C15H18N2O2. The number of fused-ring (bicyclic) bond motifs is 1. The smallest absolute Gasteiger partial charge is 0.289 e. The molecule has 1 saturated heterocycles. The summed E-state index contributed by atoms with van der Waals surface area (Å²) >= 11 is 0. The third-order valence-corrected chi connectivity index (χ3v) is 3.63. The van der Waals surface area contributed by atoms with Gasteiger partial charge < -0.3 is 15.1 Å². The van der Waals surface area contributed by atoms with Crippen LogP contribution in [0.4, 0.5) is 0 Å². The monoisotopic (exact) mass is 258 g/mol. The summed E-state index contributed by atoms with van der Waals surface area (Å²) in [7, 11) is 0. The van der Waals surface area contributed by atoms with E-state index in [-0.39, 0.29) is 11.9 Å². The van der Waals surface area contributed by atoms with Crippen LogP contribution >= 0.6 is 0 Å². The number of nitrogens with two attached hydrogens (primary N) is 1. The van der Waals surface area contributed by atoms with E-state index in [0.717, 1.165) is 35.9 Å². The minimum Gasteiger partial charge on any atom is -0.451 e. The van der Waals surface area contributed by atoms with Crippen molar-refractivity contribution in [2.75, 3.05) is 13.1 Å². The van der Waals surface area contributed by atoms with Gasteiger partial charge in [0.25, 0.3) is 5.91 Å². The first kappa shape index (κ1) is 12.2. The Labute approximate surface area is 112 Å². The predicted octanol–water partition coefficient (Wildman–Crippen LogP) is 2.30. The fraction of sp³-hybridized carbons (Fsp3) is 0.400. The molecule has 2 heterocycles. The van der Waals surface area contributed by atoms with Crippen LogP contribution in [0.2, 0.25) is 0 Å². The first-order chi connectivity index (χ1) is 9.13. The largest absolute Gasteiger partial charge is 0.451 e. The van der Waals surface area contributed by atoms with E-state index in [9.17, 15) is 4.79 Å². The number of nitrogens with zero attached hydrogens (tertiary/aromatic N) is 1. The molecular weight excluding hydrogens is 240 g/mol. The topological polar surface area (TPSA) is 59.5 Å². The normalized spacial score (nSPS) is 19.9. The summed E-state index contributed by atoms with van der Waals surface area (Å²) in [6.07, 6.45) is 1.95. The van der Waals surface area contributed by atoms with Gasteiger partial charge in [0, 0.05) is 24.5 Å². The van der Waals surface area contributed by atoms with Gasteiger partial charge in [-0.05, 0) is 37.5 Å². The highest BCUT2D eigenvalue weighted by Crippen LogP contribution is 2.22. The van der Waals surface area contributed by atoms with Gasteiger partial charge in [-0.3, -0.25) is 4.79 Å². The molecule has 0 saturated carbocycles. The molecule has 4 heteroatoms. The fourth-order valence-electron chi connectivity index (χ4n) is 2.59. The van der Waals surface area contributed by atoms with E-state index < -0.39 is 0 Å². The molecule has 2 N–H and O–H groups in total. The summed E-state index contributed by atoms with van der Waals surface area (Å²) in [4.78, 5) is 14.2. The Kier molecular flexibility index (Phi) is 3.03. The number of hydrogen-bond donors (Lipinski definition) is 1. The predicted molar refractivity (Wildman–Crippen MR) is 74.1 cm³/mol. The van der Waals surface area contributed by atoms with Crippen LogP contribution in [0.3, 0.4) is 0 Å². The number of carbonyl (C=O) groups excluding carboxylic acids is 1. The fourth-order valence-corrected chi connectivity index (χ4v) is 2.59. The molecule has 0 aliphatic carbocycles. The lowest BCUT2D eigenvalue weighted by Gasteiger charge is -2.29. The van der Waals surface area contributed by atoms with E-state index in [0.29, 0.717) is 12.3 Å². The average molecular weight is 258 g/mol. The van der Waals surface area contributed by atoms with Crippen LogP contribution in [0.15, 0.2) is 28.7 Å². The van der Waals surface area contributed by atoms with Crippen molar-refractivity contribution >= 4 is 16.9 Å². The Morgan fingerprint density at radius 1 is 1.42 bits per heavy atom. The van der Waals surface area contributed by atoms with E-state index in [1.54, 1.807) is 4.90 Å². The molecule has 100 valence electrons. The Morgan fingerprint density at radius 2 is 2.26 bits per heavy atom. The molecule has 1 aromatic heterocycles. The summed E-state index contributed by atoms with van der Waals surface area (Å²) in [5, 5.41) is 0.968. The number of aryl methyl sites for hydroxylation is 1. The molecule has 1 aromatic carbocycles. The van der Waals surface area contributed by atoms with Gasteiger partial charge in [0.05, 0.1) is 0 Å². The third-order valence-electron chi connectivity index (χ3n) is 3.63. The van der Waals surface area contributed by atoms with Gasteiger partial charge in [0.15, 0.2) is 5.76 Å². The summed E-state index contributed by atoms with van der Waals surface area (Å²) in [6.45, 7) is 3.39. The third kappa shape index (κ3) is 2.36. The molecule has 1 aliphatic rings. The number of hydrogen-bond acceptors (Lipinski definition) is 3. The van der Waals surface area contributed by atoms with Crippen LogP contribution < -0.4 is 5.73 Å². The second-order valence-corrected chi connectivity index (χ2v) is 5.31. The second kappa shape index (κ2) is 4.70. The zero-order valence-electron chi connectivity index (χ0n) is 11.1. The highest BCUT2D eigenvalue weighted by molar-refractivity contribution is 5.96. The highest BCUT2D eigenvalue weighted by Gasteiger charge is 2.24. The minimum atomic E-state index is -0.0518. The number of piperidine rings is 1. The van der Waals surface area contributed by atoms with Crippen molar-refractivity contribution in [2.24, 2.45) is 5.73 Å². The van der Waals surface area contributed by atoms with E-state index >= 15 is 0 Å². The highest BCUT2D eigenvalue weighted by atomic mass is 16.3. The van der Waals surface area contributed by atoms with E-state index in [4.69, 9.17) is 10.2 Å². The van der Waals surface area contributed by atoms with Crippen LogP contribution in [-0.4, -0.2) is 29.9 Å². The molecule has 3 rings (SSSR count). The van der Waals surface area contributed by atoms with Gasteiger partial charge in [-0.1, -0.05) is 12.1 Å². The molecule has 19 heavy (non-hydrogen) atoms. The van der Waals surface area contributed by atoms with E-state index in [1.807, 2.05) is 31.2 Å². The maximum Gasteiger partial charge on any atom is 0.289 e. The van der Waals surface area contributed by atoms with Gasteiger partial charge in [-0.15, -0.1) is 0 Å². The standard InChI is InChI=1S/C15H18N2O2/c1-10-4-5-11-8-14(19-13(11)7-10)15(18)17-6-2-3-12(16)9-17/h4-5,7-8,12H,2-3,6,9,16H2,1H3. The van der Waals surface area contributed by atoms with Crippen LogP contribution in [0.5, 0.6) is 0 Å². The lowest BCUT2D eigenvalue weighted by atomic mass is 10.1. The van der Waals surface area contributed by atoms with Crippen molar-refractivity contribution in [3.05, 3.63) is 35.6 Å². The van der Waals surface area contributed by atoms with Crippen molar-refractivity contribution in [3.63, 3.8) is 0 Å². The van der Waals surface area contributed by atoms with Crippen LogP contribution in [-0.2, 0) is 0 Å². The van der Waals surface area contributed by atoms with Crippen molar-refractivity contribution in [1.29, 1.82) is 0 Å². The number of carbonyl (C=O) groups is 1. The number of rotatable bonds is 1. The van der Waals surface area contributed by atoms with Gasteiger partial charge in [-0.2, -0.15) is 0 Å². The number of furan rings is 1. The zero-order valence-corrected chi connectivity index (χ0v) is 11.1. The van der Waals surface area contributed by atoms with Gasteiger partial charge in [0.1, 0.15) is 5.58 Å². The summed E-state index contributed by atoms with van der Waals surface area (Å²) in [5.41, 5.74) is 7.81. The molecule has 1 aliphatic heterocycles. The minimum absolute atomic E-state index is 0.0518. The molecule has 4 nitrogen and oxygen atoms in total. The second-order valence-electron chi connectivity index (χ2n) is 5.31. The molecule has 1 unspecified atom stereocenters. The zero-order chi connectivity index (χ0) is 13.4. The summed E-state index contributed by atoms with van der Waals surface area (Å²) in [6, 6.07) is 7.85. The lowest BCUT2D eigenvalue weighted by Crippen LogP contribution is -2.45.